The van der Waals surface area contributed by atoms with Gasteiger partial charge in [-0.2, -0.15) is 0 Å². The van der Waals surface area contributed by atoms with Gasteiger partial charge in [0.05, 0.1) is 0 Å². The number of hydrogen-bond donors (Lipinski definition) is 1. The Balaban J connectivity index is 2.35. The molecule has 76 valence electrons. The number of fused-ring (bicyclic) bond motifs is 1. The van der Waals surface area contributed by atoms with Gasteiger partial charge in [0.25, 0.3) is 0 Å². The average Bonchev–Trinajstić information content (AvgIpc) is 2.19. The molecule has 2 nitrogen and oxygen atoms in total. The number of likely N-dealkylation sites (N-methyl/N-ethyl adjacent to an activating group) is 2. The van der Waals surface area contributed by atoms with Crippen LogP contribution in [-0.2, 0) is 6.42 Å². The highest BCUT2D eigenvalue weighted by Crippen LogP contribution is 2.28. The number of rotatable bonds is 1. The van der Waals surface area contributed by atoms with E-state index >= 15 is 0 Å². The number of anilines is 1. The molecule has 14 heavy (non-hydrogen) atoms. The smallest absolute Gasteiger partial charge is 0.0408 e. The summed E-state index contributed by atoms with van der Waals surface area (Å²) >= 11 is 3.51. The highest BCUT2D eigenvalue weighted by molar-refractivity contribution is 9.10. The molecule has 0 bridgehead atoms. The van der Waals surface area contributed by atoms with E-state index in [4.69, 9.17) is 0 Å². The van der Waals surface area contributed by atoms with Crippen LogP contribution >= 0.6 is 15.9 Å². The molecule has 0 radical (unpaired) electrons. The van der Waals surface area contributed by atoms with Gasteiger partial charge < -0.3 is 10.2 Å². The van der Waals surface area contributed by atoms with Gasteiger partial charge in [0.2, 0.25) is 0 Å². The molecule has 1 atom stereocenters. The first-order valence-corrected chi connectivity index (χ1v) is 5.67. The average molecular weight is 255 g/mol. The summed E-state index contributed by atoms with van der Waals surface area (Å²) in [4.78, 5) is 2.31. The first-order valence-electron chi connectivity index (χ1n) is 4.87. The third kappa shape index (κ3) is 1.79. The lowest BCUT2D eigenvalue weighted by Gasteiger charge is -2.33. The number of benzene rings is 1. The summed E-state index contributed by atoms with van der Waals surface area (Å²) in [6.07, 6.45) is 1.13. The first kappa shape index (κ1) is 9.99. The SMILES string of the molecule is CNC1Cc2ccc(Br)cc2N(C)C1. The number of nitrogens with one attached hydrogen (secondary N) is 1. The maximum Gasteiger partial charge on any atom is 0.0408 e. The first-order chi connectivity index (χ1) is 6.70. The van der Waals surface area contributed by atoms with Crippen molar-refractivity contribution in [2.75, 3.05) is 25.5 Å². The Kier molecular flexibility index (Phi) is 2.79. The van der Waals surface area contributed by atoms with E-state index in [1.54, 1.807) is 0 Å². The van der Waals surface area contributed by atoms with Crippen LogP contribution in [0.1, 0.15) is 5.56 Å². The standard InChI is InChI=1S/C11H15BrN2/c1-13-10-5-8-3-4-9(12)6-11(8)14(2)7-10/h3-4,6,10,13H,5,7H2,1-2H3. The molecule has 1 unspecified atom stereocenters. The Bertz CT molecular complexity index is 338. The molecule has 1 N–H and O–H groups in total. The summed E-state index contributed by atoms with van der Waals surface area (Å²) in [6.45, 7) is 1.08. The van der Waals surface area contributed by atoms with Crippen LogP contribution in [-0.4, -0.2) is 26.7 Å². The van der Waals surface area contributed by atoms with E-state index in [1.165, 1.54) is 11.3 Å². The molecule has 0 saturated carbocycles. The molecule has 1 aliphatic heterocycles. The number of nitrogens with zero attached hydrogens (tertiary/aromatic N) is 1. The van der Waals surface area contributed by atoms with Crippen molar-refractivity contribution in [3.05, 3.63) is 28.2 Å². The molecule has 3 heteroatoms. The Hall–Kier alpha value is -0.540. The topological polar surface area (TPSA) is 15.3 Å². The van der Waals surface area contributed by atoms with E-state index in [0.29, 0.717) is 6.04 Å². The second kappa shape index (κ2) is 3.91. The van der Waals surface area contributed by atoms with Gasteiger partial charge in [0.1, 0.15) is 0 Å². The highest BCUT2D eigenvalue weighted by atomic mass is 79.9. The lowest BCUT2D eigenvalue weighted by molar-refractivity contribution is 0.538. The third-order valence-corrected chi connectivity index (χ3v) is 3.32. The van der Waals surface area contributed by atoms with Crippen LogP contribution in [0.4, 0.5) is 5.69 Å². The summed E-state index contributed by atoms with van der Waals surface area (Å²) in [5, 5.41) is 3.34. The Morgan fingerprint density at radius 2 is 2.29 bits per heavy atom. The van der Waals surface area contributed by atoms with Gasteiger partial charge in [-0.15, -0.1) is 0 Å². The molecule has 2 rings (SSSR count). The third-order valence-electron chi connectivity index (χ3n) is 2.83. The van der Waals surface area contributed by atoms with Gasteiger partial charge >= 0.3 is 0 Å². The fraction of sp³-hybridized carbons (Fsp3) is 0.455. The highest BCUT2D eigenvalue weighted by Gasteiger charge is 2.20. The molecule has 1 aromatic rings. The molecule has 1 heterocycles. The summed E-state index contributed by atoms with van der Waals surface area (Å²) in [7, 11) is 4.18. The van der Waals surface area contributed by atoms with Gasteiger partial charge in [0.15, 0.2) is 0 Å². The van der Waals surface area contributed by atoms with Crippen molar-refractivity contribution in [2.24, 2.45) is 0 Å². The molecule has 0 saturated heterocycles. The van der Waals surface area contributed by atoms with Crippen molar-refractivity contribution in [1.82, 2.24) is 5.32 Å². The quantitative estimate of drug-likeness (QED) is 0.826. The molecular formula is C11H15BrN2. The zero-order chi connectivity index (χ0) is 10.1. The lowest BCUT2D eigenvalue weighted by Crippen LogP contribution is -2.43. The molecule has 0 amide bonds. The molecule has 0 spiro atoms. The predicted molar refractivity (Wildman–Crippen MR) is 64.0 cm³/mol. The largest absolute Gasteiger partial charge is 0.373 e. The molecule has 1 aliphatic rings. The van der Waals surface area contributed by atoms with Crippen molar-refractivity contribution in [3.63, 3.8) is 0 Å². The second-order valence-corrected chi connectivity index (χ2v) is 4.76. The van der Waals surface area contributed by atoms with Crippen molar-refractivity contribution < 1.29 is 0 Å². The molecule has 0 aliphatic carbocycles. The van der Waals surface area contributed by atoms with Gasteiger partial charge in [0, 0.05) is 29.8 Å². The normalized spacial score (nSPS) is 20.8. The monoisotopic (exact) mass is 254 g/mol. The summed E-state index contributed by atoms with van der Waals surface area (Å²) in [5.74, 6) is 0. The van der Waals surface area contributed by atoms with Crippen LogP contribution in [0.2, 0.25) is 0 Å². The second-order valence-electron chi connectivity index (χ2n) is 3.84. The fourth-order valence-electron chi connectivity index (χ4n) is 2.02. The van der Waals surface area contributed by atoms with Crippen LogP contribution < -0.4 is 10.2 Å². The zero-order valence-corrected chi connectivity index (χ0v) is 10.1. The Morgan fingerprint density at radius 3 is 3.00 bits per heavy atom. The van der Waals surface area contributed by atoms with Crippen LogP contribution in [0.25, 0.3) is 0 Å². The maximum atomic E-state index is 3.51. The van der Waals surface area contributed by atoms with E-state index in [1.807, 2.05) is 7.05 Å². The minimum atomic E-state index is 0.577. The predicted octanol–water partition coefficient (Wildman–Crippen LogP) is 2.03. The van der Waals surface area contributed by atoms with Gasteiger partial charge in [-0.3, -0.25) is 0 Å². The molecule has 1 aromatic carbocycles. The van der Waals surface area contributed by atoms with E-state index < -0.39 is 0 Å². The summed E-state index contributed by atoms with van der Waals surface area (Å²) in [5.41, 5.74) is 2.78. The van der Waals surface area contributed by atoms with E-state index in [9.17, 15) is 0 Å². The van der Waals surface area contributed by atoms with Crippen molar-refractivity contribution in [3.8, 4) is 0 Å². The Labute approximate surface area is 93.4 Å². The van der Waals surface area contributed by atoms with Gasteiger partial charge in [-0.1, -0.05) is 22.0 Å². The zero-order valence-electron chi connectivity index (χ0n) is 8.55. The van der Waals surface area contributed by atoms with E-state index in [0.717, 1.165) is 17.4 Å². The molecule has 0 aromatic heterocycles. The Morgan fingerprint density at radius 1 is 1.50 bits per heavy atom. The van der Waals surface area contributed by atoms with Crippen molar-refractivity contribution in [2.45, 2.75) is 12.5 Å². The molecular weight excluding hydrogens is 240 g/mol. The minimum Gasteiger partial charge on any atom is -0.373 e. The number of halogens is 1. The van der Waals surface area contributed by atoms with Crippen molar-refractivity contribution in [1.29, 1.82) is 0 Å². The van der Waals surface area contributed by atoms with Crippen LogP contribution in [0, 0.1) is 0 Å². The lowest BCUT2D eigenvalue weighted by atomic mass is 9.99. The van der Waals surface area contributed by atoms with Crippen molar-refractivity contribution >= 4 is 21.6 Å². The van der Waals surface area contributed by atoms with E-state index in [2.05, 4.69) is 51.4 Å². The van der Waals surface area contributed by atoms with Crippen LogP contribution in [0.5, 0.6) is 0 Å². The summed E-state index contributed by atoms with van der Waals surface area (Å²) in [6, 6.07) is 7.10. The van der Waals surface area contributed by atoms with Crippen LogP contribution in [0.3, 0.4) is 0 Å². The van der Waals surface area contributed by atoms with Crippen LogP contribution in [0.15, 0.2) is 22.7 Å². The minimum absolute atomic E-state index is 0.577. The fourth-order valence-corrected chi connectivity index (χ4v) is 2.37. The van der Waals surface area contributed by atoms with E-state index in [-0.39, 0.29) is 0 Å². The van der Waals surface area contributed by atoms with Gasteiger partial charge in [-0.25, -0.2) is 0 Å². The molecule has 0 fully saturated rings. The number of hydrogen-bond acceptors (Lipinski definition) is 2. The maximum absolute atomic E-state index is 3.51. The van der Waals surface area contributed by atoms with Gasteiger partial charge in [-0.05, 0) is 31.2 Å². The summed E-state index contributed by atoms with van der Waals surface area (Å²) < 4.78 is 1.16.